The van der Waals surface area contributed by atoms with Gasteiger partial charge in [0.05, 0.1) is 7.11 Å². The van der Waals surface area contributed by atoms with Gasteiger partial charge in [-0.15, -0.1) is 12.4 Å². The first-order valence-corrected chi connectivity index (χ1v) is 7.04. The van der Waals surface area contributed by atoms with Crippen LogP contribution in [0.15, 0.2) is 18.2 Å². The fraction of sp³-hybridized carbons (Fsp3) is 0.562. The van der Waals surface area contributed by atoms with Crippen molar-refractivity contribution in [2.45, 2.75) is 33.2 Å². The van der Waals surface area contributed by atoms with E-state index < -0.39 is 0 Å². The molecule has 118 valence electrons. The number of aryl methyl sites for hydroxylation is 1. The molecule has 0 radical (unpaired) electrons. The second-order valence-electron chi connectivity index (χ2n) is 6.29. The molecule has 1 amide bonds. The lowest BCUT2D eigenvalue weighted by atomic mass is 9.79. The third-order valence-corrected chi connectivity index (χ3v) is 4.25. The molecule has 2 N–H and O–H groups in total. The number of hydrogen-bond acceptors (Lipinski definition) is 3. The SMILES string of the molecule is COc1cc(C(=O)N2CCC(N)C(C)(C)C2)ccc1C.Cl. The van der Waals surface area contributed by atoms with Crippen LogP contribution < -0.4 is 10.5 Å². The highest BCUT2D eigenvalue weighted by Gasteiger charge is 2.35. The third-order valence-electron chi connectivity index (χ3n) is 4.25. The molecule has 1 aliphatic heterocycles. The molecule has 1 atom stereocenters. The molecule has 1 aliphatic rings. The average molecular weight is 313 g/mol. The summed E-state index contributed by atoms with van der Waals surface area (Å²) in [7, 11) is 1.62. The Morgan fingerprint density at radius 3 is 2.67 bits per heavy atom. The number of nitrogens with two attached hydrogens (primary N) is 1. The summed E-state index contributed by atoms with van der Waals surface area (Å²) in [6.07, 6.45) is 0.849. The monoisotopic (exact) mass is 312 g/mol. The summed E-state index contributed by atoms with van der Waals surface area (Å²) in [6, 6.07) is 5.76. The molecular formula is C16H25ClN2O2. The molecule has 1 heterocycles. The van der Waals surface area contributed by atoms with Crippen LogP contribution >= 0.6 is 12.4 Å². The van der Waals surface area contributed by atoms with Crippen LogP contribution in [0.25, 0.3) is 0 Å². The first kappa shape index (κ1) is 17.8. The number of ether oxygens (including phenoxy) is 1. The number of carbonyl (C=O) groups is 1. The maximum atomic E-state index is 12.6. The van der Waals surface area contributed by atoms with Gasteiger partial charge in [-0.1, -0.05) is 19.9 Å². The fourth-order valence-electron chi connectivity index (χ4n) is 2.68. The molecule has 21 heavy (non-hydrogen) atoms. The van der Waals surface area contributed by atoms with Crippen LogP contribution in [-0.4, -0.2) is 37.0 Å². The Morgan fingerprint density at radius 1 is 1.43 bits per heavy atom. The second kappa shape index (κ2) is 6.67. The molecule has 1 fully saturated rings. The van der Waals surface area contributed by atoms with Crippen molar-refractivity contribution in [1.82, 2.24) is 4.90 Å². The van der Waals surface area contributed by atoms with E-state index >= 15 is 0 Å². The van der Waals surface area contributed by atoms with Crippen LogP contribution in [0.4, 0.5) is 0 Å². The second-order valence-corrected chi connectivity index (χ2v) is 6.29. The minimum Gasteiger partial charge on any atom is -0.496 e. The average Bonchev–Trinajstić information content (AvgIpc) is 2.41. The number of likely N-dealkylation sites (tertiary alicyclic amines) is 1. The van der Waals surface area contributed by atoms with Crippen molar-refractivity contribution in [1.29, 1.82) is 0 Å². The lowest BCUT2D eigenvalue weighted by molar-refractivity contribution is 0.0532. The van der Waals surface area contributed by atoms with Gasteiger partial charge in [0.2, 0.25) is 0 Å². The largest absolute Gasteiger partial charge is 0.496 e. The maximum absolute atomic E-state index is 12.6. The molecule has 2 rings (SSSR count). The highest BCUT2D eigenvalue weighted by atomic mass is 35.5. The maximum Gasteiger partial charge on any atom is 0.254 e. The summed E-state index contributed by atoms with van der Waals surface area (Å²) in [5.74, 6) is 0.812. The molecule has 0 bridgehead atoms. The van der Waals surface area contributed by atoms with Crippen LogP contribution in [0.2, 0.25) is 0 Å². The van der Waals surface area contributed by atoms with Crippen molar-refractivity contribution >= 4 is 18.3 Å². The molecule has 4 nitrogen and oxygen atoms in total. The number of halogens is 1. The Kier molecular flexibility index (Phi) is 5.65. The number of benzene rings is 1. The molecule has 1 aromatic rings. The van der Waals surface area contributed by atoms with Crippen molar-refractivity contribution in [2.75, 3.05) is 20.2 Å². The van der Waals surface area contributed by atoms with Gasteiger partial charge in [0.25, 0.3) is 5.91 Å². The molecule has 5 heteroatoms. The number of nitrogens with zero attached hydrogens (tertiary/aromatic N) is 1. The van der Waals surface area contributed by atoms with Crippen LogP contribution in [0.1, 0.15) is 36.2 Å². The quantitative estimate of drug-likeness (QED) is 0.913. The number of rotatable bonds is 2. The van der Waals surface area contributed by atoms with Crippen molar-refractivity contribution < 1.29 is 9.53 Å². The zero-order chi connectivity index (χ0) is 14.9. The molecule has 1 aromatic carbocycles. The van der Waals surface area contributed by atoms with Gasteiger partial charge in [-0.2, -0.15) is 0 Å². The lowest BCUT2D eigenvalue weighted by Crippen LogP contribution is -2.54. The van der Waals surface area contributed by atoms with Gasteiger partial charge in [-0.25, -0.2) is 0 Å². The van der Waals surface area contributed by atoms with E-state index in [4.69, 9.17) is 10.5 Å². The van der Waals surface area contributed by atoms with Gasteiger partial charge in [0.1, 0.15) is 5.75 Å². The van der Waals surface area contributed by atoms with Crippen molar-refractivity contribution in [3.8, 4) is 5.75 Å². The van der Waals surface area contributed by atoms with E-state index in [1.54, 1.807) is 7.11 Å². The van der Waals surface area contributed by atoms with Crippen molar-refractivity contribution in [2.24, 2.45) is 11.1 Å². The van der Waals surface area contributed by atoms with Crippen molar-refractivity contribution in [3.63, 3.8) is 0 Å². The molecule has 0 aliphatic carbocycles. The molecule has 0 aromatic heterocycles. The summed E-state index contributed by atoms with van der Waals surface area (Å²) in [4.78, 5) is 14.5. The highest BCUT2D eigenvalue weighted by molar-refractivity contribution is 5.94. The number of hydrogen-bond donors (Lipinski definition) is 1. The number of methoxy groups -OCH3 is 1. The van der Waals surface area contributed by atoms with Gasteiger partial charge < -0.3 is 15.4 Å². The predicted octanol–water partition coefficient (Wildman–Crippen LogP) is 2.62. The standard InChI is InChI=1S/C16H24N2O2.ClH/c1-11-5-6-12(9-13(11)20-4)15(19)18-8-7-14(17)16(2,3)10-18;/h5-6,9,14H,7-8,10,17H2,1-4H3;1H. The van der Waals surface area contributed by atoms with Crippen LogP contribution in [0.5, 0.6) is 5.75 Å². The minimum atomic E-state index is -0.0390. The molecule has 0 spiro atoms. The lowest BCUT2D eigenvalue weighted by Gasteiger charge is -2.42. The highest BCUT2D eigenvalue weighted by Crippen LogP contribution is 2.29. The van der Waals surface area contributed by atoms with E-state index in [1.165, 1.54) is 0 Å². The van der Waals surface area contributed by atoms with Gasteiger partial charge in [0.15, 0.2) is 0 Å². The van der Waals surface area contributed by atoms with E-state index in [-0.39, 0.29) is 29.8 Å². The normalized spacial score (nSPS) is 20.6. The Morgan fingerprint density at radius 2 is 2.10 bits per heavy atom. The minimum absolute atomic E-state index is 0. The zero-order valence-electron chi connectivity index (χ0n) is 13.2. The van der Waals surface area contributed by atoms with Gasteiger partial charge in [0, 0.05) is 24.7 Å². The Hall–Kier alpha value is -1.26. The van der Waals surface area contributed by atoms with Crippen LogP contribution in [0, 0.1) is 12.3 Å². The summed E-state index contributed by atoms with van der Waals surface area (Å²) in [5, 5.41) is 0. The van der Waals surface area contributed by atoms with Gasteiger partial charge in [-0.3, -0.25) is 4.79 Å². The Balaban J connectivity index is 0.00000220. The number of amides is 1. The van der Waals surface area contributed by atoms with E-state index in [1.807, 2.05) is 30.0 Å². The zero-order valence-corrected chi connectivity index (χ0v) is 14.0. The molecule has 1 saturated heterocycles. The van der Waals surface area contributed by atoms with Crippen LogP contribution in [-0.2, 0) is 0 Å². The first-order valence-electron chi connectivity index (χ1n) is 7.04. The third kappa shape index (κ3) is 3.69. The van der Waals surface area contributed by atoms with Crippen LogP contribution in [0.3, 0.4) is 0 Å². The van der Waals surface area contributed by atoms with E-state index in [0.29, 0.717) is 12.1 Å². The van der Waals surface area contributed by atoms with Crippen molar-refractivity contribution in [3.05, 3.63) is 29.3 Å². The smallest absolute Gasteiger partial charge is 0.254 e. The fourth-order valence-corrected chi connectivity index (χ4v) is 2.68. The van der Waals surface area contributed by atoms with Gasteiger partial charge in [-0.05, 0) is 36.5 Å². The number of piperidine rings is 1. The summed E-state index contributed by atoms with van der Waals surface area (Å²) < 4.78 is 5.29. The summed E-state index contributed by atoms with van der Waals surface area (Å²) in [5.41, 5.74) is 7.79. The summed E-state index contributed by atoms with van der Waals surface area (Å²) >= 11 is 0. The van der Waals surface area contributed by atoms with Gasteiger partial charge >= 0.3 is 0 Å². The van der Waals surface area contributed by atoms with E-state index in [9.17, 15) is 4.79 Å². The molecule has 0 saturated carbocycles. The topological polar surface area (TPSA) is 55.6 Å². The van der Waals surface area contributed by atoms with E-state index in [0.717, 1.165) is 24.3 Å². The molecular weight excluding hydrogens is 288 g/mol. The number of carbonyl (C=O) groups excluding carboxylic acids is 1. The Labute approximate surface area is 133 Å². The Bertz CT molecular complexity index is 517. The first-order chi connectivity index (χ1) is 9.35. The van der Waals surface area contributed by atoms with E-state index in [2.05, 4.69) is 13.8 Å². The molecule has 1 unspecified atom stereocenters. The summed E-state index contributed by atoms with van der Waals surface area (Å²) in [6.45, 7) is 7.62. The predicted molar refractivity (Wildman–Crippen MR) is 87.3 cm³/mol.